The molecule has 0 aromatic heterocycles. The molecule has 0 spiro atoms. The molecule has 5 nitrogen and oxygen atoms in total. The molecule has 0 saturated carbocycles. The van der Waals surface area contributed by atoms with Crippen LogP contribution in [0.15, 0.2) is 24.3 Å². The van der Waals surface area contributed by atoms with E-state index in [1.807, 2.05) is 24.3 Å². The predicted octanol–water partition coefficient (Wildman–Crippen LogP) is 1.71. The molecule has 1 aliphatic rings. The average Bonchev–Trinajstić information content (AvgIpc) is 2.53. The number of piperidine rings is 1. The summed E-state index contributed by atoms with van der Waals surface area (Å²) in [5.74, 6) is 0.762. The second-order valence-electron chi connectivity index (χ2n) is 6.08. The van der Waals surface area contributed by atoms with Crippen LogP contribution in [0.25, 0.3) is 0 Å². The molecule has 1 saturated heterocycles. The van der Waals surface area contributed by atoms with Crippen LogP contribution in [0, 0.1) is 5.92 Å². The summed E-state index contributed by atoms with van der Waals surface area (Å²) in [4.78, 5) is 14.2. The summed E-state index contributed by atoms with van der Waals surface area (Å²) < 4.78 is 0. The van der Waals surface area contributed by atoms with Gasteiger partial charge in [-0.3, -0.25) is 0 Å². The molecule has 1 aromatic rings. The first-order valence-corrected chi connectivity index (χ1v) is 8.10. The molecule has 22 heavy (non-hydrogen) atoms. The highest BCUT2D eigenvalue weighted by atomic mass is 16.3. The Kier molecular flexibility index (Phi) is 6.68. The van der Waals surface area contributed by atoms with Gasteiger partial charge in [-0.05, 0) is 36.4 Å². The second kappa shape index (κ2) is 8.76. The van der Waals surface area contributed by atoms with Crippen molar-refractivity contribution in [2.45, 2.75) is 32.9 Å². The molecule has 2 amide bonds. The number of benzene rings is 1. The molecule has 1 atom stereocenters. The fourth-order valence-corrected chi connectivity index (χ4v) is 2.94. The lowest BCUT2D eigenvalue weighted by Gasteiger charge is -2.30. The van der Waals surface area contributed by atoms with E-state index in [2.05, 4.69) is 22.5 Å². The van der Waals surface area contributed by atoms with Crippen LogP contribution in [0.1, 0.15) is 30.9 Å². The van der Waals surface area contributed by atoms with Crippen molar-refractivity contribution in [3.05, 3.63) is 35.4 Å². The molecule has 5 heteroatoms. The Balaban J connectivity index is 1.65. The maximum Gasteiger partial charge on any atom is 0.315 e. The normalized spacial score (nSPS) is 18.9. The highest BCUT2D eigenvalue weighted by Crippen LogP contribution is 2.14. The van der Waals surface area contributed by atoms with Crippen molar-refractivity contribution in [1.29, 1.82) is 0 Å². The summed E-state index contributed by atoms with van der Waals surface area (Å²) in [5.41, 5.74) is 1.80. The molecular weight excluding hydrogens is 278 g/mol. The third-order valence-electron chi connectivity index (χ3n) is 4.18. The molecule has 1 heterocycles. The number of likely N-dealkylation sites (tertiary alicyclic amines) is 1. The molecule has 1 fully saturated rings. The lowest BCUT2D eigenvalue weighted by molar-refractivity contribution is 0.184. The van der Waals surface area contributed by atoms with Crippen LogP contribution in [-0.2, 0) is 13.2 Å². The molecule has 1 unspecified atom stereocenters. The van der Waals surface area contributed by atoms with Crippen molar-refractivity contribution in [2.75, 3.05) is 26.2 Å². The molecule has 1 aromatic carbocycles. The van der Waals surface area contributed by atoms with Gasteiger partial charge in [0.2, 0.25) is 0 Å². The first-order chi connectivity index (χ1) is 10.7. The molecule has 1 aliphatic heterocycles. The fraction of sp³-hybridized carbons (Fsp3) is 0.588. The highest BCUT2D eigenvalue weighted by Gasteiger charge is 2.15. The highest BCUT2D eigenvalue weighted by molar-refractivity contribution is 5.73. The number of aliphatic hydroxyl groups excluding tert-OH is 1. The summed E-state index contributed by atoms with van der Waals surface area (Å²) in [6.45, 7) is 6.55. The van der Waals surface area contributed by atoms with Crippen molar-refractivity contribution < 1.29 is 9.90 Å². The van der Waals surface area contributed by atoms with Crippen LogP contribution < -0.4 is 10.6 Å². The van der Waals surface area contributed by atoms with Gasteiger partial charge < -0.3 is 20.6 Å². The van der Waals surface area contributed by atoms with Gasteiger partial charge in [0, 0.05) is 26.2 Å². The molecule has 0 bridgehead atoms. The van der Waals surface area contributed by atoms with Crippen molar-refractivity contribution in [1.82, 2.24) is 15.5 Å². The number of hydrogen-bond acceptors (Lipinski definition) is 3. The maximum atomic E-state index is 11.8. The summed E-state index contributed by atoms with van der Waals surface area (Å²) in [5, 5.41) is 15.0. The van der Waals surface area contributed by atoms with Gasteiger partial charge in [-0.1, -0.05) is 31.2 Å². The van der Waals surface area contributed by atoms with Crippen molar-refractivity contribution in [3.63, 3.8) is 0 Å². The fourth-order valence-electron chi connectivity index (χ4n) is 2.94. The number of urea groups is 1. The molecule has 122 valence electrons. The number of carbonyl (C=O) groups is 1. The van der Waals surface area contributed by atoms with E-state index in [1.165, 1.54) is 12.8 Å². The lowest BCUT2D eigenvalue weighted by atomic mass is 10.0. The van der Waals surface area contributed by atoms with Gasteiger partial charge in [-0.15, -0.1) is 0 Å². The molecular formula is C17H27N3O2. The Bertz CT molecular complexity index is 479. The number of carbonyl (C=O) groups excluding carboxylic acids is 1. The quantitative estimate of drug-likeness (QED) is 0.750. The topological polar surface area (TPSA) is 64.6 Å². The van der Waals surface area contributed by atoms with Crippen molar-refractivity contribution in [3.8, 4) is 0 Å². The van der Waals surface area contributed by atoms with E-state index in [9.17, 15) is 9.90 Å². The smallest absolute Gasteiger partial charge is 0.315 e. The van der Waals surface area contributed by atoms with E-state index in [4.69, 9.17) is 0 Å². The lowest BCUT2D eigenvalue weighted by Crippen LogP contribution is -2.42. The minimum absolute atomic E-state index is 0.00732. The monoisotopic (exact) mass is 305 g/mol. The third-order valence-corrected chi connectivity index (χ3v) is 4.18. The number of nitrogens with zero attached hydrogens (tertiary/aromatic N) is 1. The van der Waals surface area contributed by atoms with E-state index in [-0.39, 0.29) is 12.6 Å². The number of hydrogen-bond donors (Lipinski definition) is 3. The molecule has 0 aliphatic carbocycles. The van der Waals surface area contributed by atoms with Crippen molar-refractivity contribution >= 4 is 6.03 Å². The standard InChI is InChI=1S/C17H27N3O2/c1-14-5-4-9-20(12-14)10-8-18-17(22)19-11-15-6-2-3-7-16(15)13-21/h2-3,6-7,14,21H,4-5,8-13H2,1H3,(H2,18,19,22). The van der Waals surface area contributed by atoms with Crippen LogP contribution >= 0.6 is 0 Å². The number of nitrogens with one attached hydrogen (secondary N) is 2. The Morgan fingerprint density at radius 3 is 2.82 bits per heavy atom. The summed E-state index contributed by atoms with van der Waals surface area (Å²) >= 11 is 0. The van der Waals surface area contributed by atoms with Crippen LogP contribution in [-0.4, -0.2) is 42.2 Å². The Morgan fingerprint density at radius 2 is 2.09 bits per heavy atom. The average molecular weight is 305 g/mol. The minimum atomic E-state index is -0.155. The first-order valence-electron chi connectivity index (χ1n) is 8.10. The summed E-state index contributed by atoms with van der Waals surface area (Å²) in [6, 6.07) is 7.42. The second-order valence-corrected chi connectivity index (χ2v) is 6.08. The molecule has 3 N–H and O–H groups in total. The first kappa shape index (κ1) is 16.8. The predicted molar refractivity (Wildman–Crippen MR) is 87.4 cm³/mol. The van der Waals surface area contributed by atoms with Gasteiger partial charge in [0.1, 0.15) is 0 Å². The van der Waals surface area contributed by atoms with E-state index >= 15 is 0 Å². The molecule has 2 rings (SSSR count). The van der Waals surface area contributed by atoms with Gasteiger partial charge in [0.25, 0.3) is 0 Å². The van der Waals surface area contributed by atoms with E-state index in [1.54, 1.807) is 0 Å². The number of amides is 2. The number of aliphatic hydroxyl groups is 1. The maximum absolute atomic E-state index is 11.8. The van der Waals surface area contributed by atoms with E-state index in [0.717, 1.165) is 36.7 Å². The van der Waals surface area contributed by atoms with Gasteiger partial charge in [-0.2, -0.15) is 0 Å². The zero-order chi connectivity index (χ0) is 15.8. The minimum Gasteiger partial charge on any atom is -0.392 e. The largest absolute Gasteiger partial charge is 0.392 e. The summed E-state index contributed by atoms with van der Waals surface area (Å²) in [6.07, 6.45) is 2.57. The van der Waals surface area contributed by atoms with Crippen LogP contribution in [0.2, 0.25) is 0 Å². The van der Waals surface area contributed by atoms with Crippen molar-refractivity contribution in [2.24, 2.45) is 5.92 Å². The Hall–Kier alpha value is -1.59. The van der Waals surface area contributed by atoms with Crippen LogP contribution in [0.4, 0.5) is 4.79 Å². The summed E-state index contributed by atoms with van der Waals surface area (Å²) in [7, 11) is 0. The van der Waals surface area contributed by atoms with E-state index < -0.39 is 0 Å². The number of rotatable bonds is 6. The molecule has 0 radical (unpaired) electrons. The third kappa shape index (κ3) is 5.31. The van der Waals surface area contributed by atoms with Crippen LogP contribution in [0.3, 0.4) is 0 Å². The van der Waals surface area contributed by atoms with E-state index in [0.29, 0.717) is 13.1 Å². The van der Waals surface area contributed by atoms with Gasteiger partial charge in [0.05, 0.1) is 6.61 Å². The van der Waals surface area contributed by atoms with Gasteiger partial charge >= 0.3 is 6.03 Å². The zero-order valence-electron chi connectivity index (χ0n) is 13.3. The zero-order valence-corrected chi connectivity index (χ0v) is 13.3. The SMILES string of the molecule is CC1CCCN(CCNC(=O)NCc2ccccc2CO)C1. The Labute approximate surface area is 132 Å². The van der Waals surface area contributed by atoms with Gasteiger partial charge in [-0.25, -0.2) is 4.79 Å². The van der Waals surface area contributed by atoms with Gasteiger partial charge in [0.15, 0.2) is 0 Å². The van der Waals surface area contributed by atoms with Crippen LogP contribution in [0.5, 0.6) is 0 Å². The Morgan fingerprint density at radius 1 is 1.32 bits per heavy atom.